The van der Waals surface area contributed by atoms with Crippen molar-refractivity contribution in [3.05, 3.63) is 30.7 Å². The smallest absolute Gasteiger partial charge is 0.160 e. The molecule has 88 valence electrons. The molecule has 0 saturated heterocycles. The average Bonchev–Trinajstić information content (AvgIpc) is 2.30. The van der Waals surface area contributed by atoms with Crippen molar-refractivity contribution in [2.24, 2.45) is 0 Å². The molecule has 0 saturated carbocycles. The Kier molecular flexibility index (Phi) is 3.29. The molecule has 2 aromatic rings. The number of rotatable bonds is 2. The van der Waals surface area contributed by atoms with E-state index in [4.69, 9.17) is 5.73 Å². The van der Waals surface area contributed by atoms with E-state index >= 15 is 0 Å². The third kappa shape index (κ3) is 2.39. The lowest BCUT2D eigenvalue weighted by Crippen LogP contribution is -2.04. The largest absolute Gasteiger partial charge is 0.504 e. The van der Waals surface area contributed by atoms with Crippen molar-refractivity contribution >= 4 is 34.2 Å². The van der Waals surface area contributed by atoms with Crippen LogP contribution in [0.5, 0.6) is 5.75 Å². The zero-order chi connectivity index (χ0) is 12.4. The molecule has 0 unspecified atom stereocenters. The Morgan fingerprint density at radius 2 is 2.12 bits per heavy atom. The van der Waals surface area contributed by atoms with Crippen LogP contribution < -0.4 is 9.01 Å². The van der Waals surface area contributed by atoms with Gasteiger partial charge in [-0.05, 0) is 12.1 Å². The van der Waals surface area contributed by atoms with Crippen molar-refractivity contribution in [2.75, 3.05) is 9.01 Å². The molecule has 2 rings (SSSR count). The van der Waals surface area contributed by atoms with Crippen LogP contribution in [-0.2, 0) is 0 Å². The summed E-state index contributed by atoms with van der Waals surface area (Å²) in [6.07, 6.45) is 2.64. The van der Waals surface area contributed by atoms with Gasteiger partial charge in [0.05, 0.1) is 40.4 Å². The van der Waals surface area contributed by atoms with E-state index in [1.54, 1.807) is 41.1 Å². The molecule has 0 aliphatic carbocycles. The number of aromatic hydroxyl groups is 1. The molecule has 1 aromatic carbocycles. The van der Waals surface area contributed by atoms with Gasteiger partial charge in [-0.3, -0.25) is 5.21 Å². The normalized spacial score (nSPS) is 10.2. The van der Waals surface area contributed by atoms with Gasteiger partial charge in [0, 0.05) is 5.56 Å². The minimum atomic E-state index is -0.0267. The summed E-state index contributed by atoms with van der Waals surface area (Å²) in [5, 5.41) is 19.0. The fourth-order valence-electron chi connectivity index (χ4n) is 1.40. The highest BCUT2D eigenvalue weighted by atomic mass is 127. The molecular formula is C10H9IN4O2. The Morgan fingerprint density at radius 3 is 2.76 bits per heavy atom. The van der Waals surface area contributed by atoms with E-state index in [1.165, 1.54) is 12.5 Å². The molecule has 17 heavy (non-hydrogen) atoms. The molecule has 1 aromatic heterocycles. The van der Waals surface area contributed by atoms with Gasteiger partial charge in [0.1, 0.15) is 12.0 Å². The van der Waals surface area contributed by atoms with Gasteiger partial charge in [0.25, 0.3) is 0 Å². The molecule has 4 N–H and O–H groups in total. The fourth-order valence-corrected chi connectivity index (χ4v) is 1.81. The Hall–Kier alpha value is -1.61. The lowest BCUT2D eigenvalue weighted by Gasteiger charge is -2.12. The Labute approximate surface area is 111 Å². The molecule has 0 bridgehead atoms. The van der Waals surface area contributed by atoms with E-state index in [0.717, 1.165) is 3.28 Å². The topological polar surface area (TPSA) is 95.5 Å². The second-order valence-electron chi connectivity index (χ2n) is 3.29. The number of nitrogens with zero attached hydrogens (tertiary/aromatic N) is 3. The lowest BCUT2D eigenvalue weighted by molar-refractivity contribution is 0.346. The zero-order valence-electron chi connectivity index (χ0n) is 8.58. The van der Waals surface area contributed by atoms with Crippen molar-refractivity contribution in [3.8, 4) is 17.0 Å². The molecule has 0 atom stereocenters. The number of anilines is 2. The second kappa shape index (κ2) is 4.72. The van der Waals surface area contributed by atoms with Gasteiger partial charge in [0.15, 0.2) is 5.75 Å². The predicted molar refractivity (Wildman–Crippen MR) is 71.8 cm³/mol. The van der Waals surface area contributed by atoms with Crippen LogP contribution in [-0.4, -0.2) is 20.3 Å². The SMILES string of the molecule is Nc1ccc(-c2ncncc2O)cc1N(O)I. The molecule has 0 aliphatic heterocycles. The third-order valence-electron chi connectivity index (χ3n) is 2.20. The van der Waals surface area contributed by atoms with E-state index in [-0.39, 0.29) is 5.75 Å². The first-order valence-corrected chi connectivity index (χ1v) is 5.59. The molecule has 7 heteroatoms. The molecular weight excluding hydrogens is 335 g/mol. The number of benzene rings is 1. The minimum absolute atomic E-state index is 0.0267. The van der Waals surface area contributed by atoms with E-state index in [1.807, 2.05) is 0 Å². The summed E-state index contributed by atoms with van der Waals surface area (Å²) in [6.45, 7) is 0. The van der Waals surface area contributed by atoms with E-state index in [0.29, 0.717) is 22.6 Å². The van der Waals surface area contributed by atoms with Gasteiger partial charge in [0.2, 0.25) is 0 Å². The molecule has 6 nitrogen and oxygen atoms in total. The molecule has 1 heterocycles. The highest BCUT2D eigenvalue weighted by Gasteiger charge is 2.10. The van der Waals surface area contributed by atoms with Crippen molar-refractivity contribution in [1.29, 1.82) is 0 Å². The number of aromatic nitrogens is 2. The fraction of sp³-hybridized carbons (Fsp3) is 0. The minimum Gasteiger partial charge on any atom is -0.504 e. The summed E-state index contributed by atoms with van der Waals surface area (Å²) in [7, 11) is 0. The van der Waals surface area contributed by atoms with Crippen LogP contribution in [0.1, 0.15) is 0 Å². The van der Waals surface area contributed by atoms with Gasteiger partial charge in [-0.25, -0.2) is 9.97 Å². The van der Waals surface area contributed by atoms with Crippen LogP contribution in [0.2, 0.25) is 0 Å². The summed E-state index contributed by atoms with van der Waals surface area (Å²) in [5.41, 5.74) is 7.60. The molecule has 0 aliphatic rings. The summed E-state index contributed by atoms with van der Waals surface area (Å²) in [4.78, 5) is 7.67. The van der Waals surface area contributed by atoms with Crippen molar-refractivity contribution in [3.63, 3.8) is 0 Å². The maximum Gasteiger partial charge on any atom is 0.160 e. The number of nitrogens with two attached hydrogens (primary N) is 1. The third-order valence-corrected chi connectivity index (χ3v) is 2.72. The molecule has 0 radical (unpaired) electrons. The van der Waals surface area contributed by atoms with E-state index in [9.17, 15) is 10.3 Å². The quantitative estimate of drug-likeness (QED) is 0.334. The van der Waals surface area contributed by atoms with Crippen molar-refractivity contribution in [1.82, 2.24) is 9.97 Å². The van der Waals surface area contributed by atoms with Gasteiger partial charge in [-0.1, -0.05) is 6.07 Å². The second-order valence-corrected chi connectivity index (χ2v) is 4.20. The predicted octanol–water partition coefficient (Wildman–Crippen LogP) is 1.98. The summed E-state index contributed by atoms with van der Waals surface area (Å²) < 4.78 is 0.884. The van der Waals surface area contributed by atoms with E-state index < -0.39 is 0 Å². The zero-order valence-corrected chi connectivity index (χ0v) is 10.7. The maximum atomic E-state index is 9.63. The number of nitrogen functional groups attached to an aromatic ring is 1. The van der Waals surface area contributed by atoms with Crippen LogP contribution in [0.25, 0.3) is 11.3 Å². The first kappa shape index (κ1) is 11.9. The monoisotopic (exact) mass is 344 g/mol. The Bertz CT molecular complexity index is 548. The highest BCUT2D eigenvalue weighted by Crippen LogP contribution is 2.32. The number of hydrogen-bond donors (Lipinski definition) is 3. The molecule has 0 spiro atoms. The Balaban J connectivity index is 2.54. The standard InChI is InChI=1S/C10H9IN4O2/c11-15(17)8-3-6(1-2-7(8)12)10-9(16)4-13-5-14-10/h1-5,16-17H,12H2. The van der Waals surface area contributed by atoms with Gasteiger partial charge >= 0.3 is 0 Å². The molecule has 0 fully saturated rings. The first-order chi connectivity index (χ1) is 8.09. The van der Waals surface area contributed by atoms with Crippen LogP contribution >= 0.6 is 22.9 Å². The van der Waals surface area contributed by atoms with E-state index in [2.05, 4.69) is 9.97 Å². The van der Waals surface area contributed by atoms with Crippen LogP contribution in [0.4, 0.5) is 11.4 Å². The Morgan fingerprint density at radius 1 is 1.35 bits per heavy atom. The summed E-state index contributed by atoms with van der Waals surface area (Å²) >= 11 is 1.69. The van der Waals surface area contributed by atoms with Gasteiger partial charge in [-0.2, -0.15) is 3.28 Å². The maximum absolute atomic E-state index is 9.63. The van der Waals surface area contributed by atoms with Crippen molar-refractivity contribution in [2.45, 2.75) is 0 Å². The van der Waals surface area contributed by atoms with Crippen LogP contribution in [0, 0.1) is 0 Å². The molecule has 0 amide bonds. The van der Waals surface area contributed by atoms with Crippen molar-refractivity contribution < 1.29 is 10.3 Å². The highest BCUT2D eigenvalue weighted by molar-refractivity contribution is 14.1. The van der Waals surface area contributed by atoms with Gasteiger partial charge < -0.3 is 10.8 Å². The van der Waals surface area contributed by atoms with Crippen LogP contribution in [0.3, 0.4) is 0 Å². The average molecular weight is 344 g/mol. The summed E-state index contributed by atoms with van der Waals surface area (Å²) in [6, 6.07) is 4.97. The summed E-state index contributed by atoms with van der Waals surface area (Å²) in [5.74, 6) is -0.0267. The number of halogens is 1. The first-order valence-electron chi connectivity index (χ1n) is 4.63. The number of hydrogen-bond acceptors (Lipinski definition) is 6. The van der Waals surface area contributed by atoms with Crippen LogP contribution in [0.15, 0.2) is 30.7 Å². The van der Waals surface area contributed by atoms with Gasteiger partial charge in [-0.15, -0.1) is 0 Å². The lowest BCUT2D eigenvalue weighted by atomic mass is 10.1.